The predicted octanol–water partition coefficient (Wildman–Crippen LogP) is 7.50. The van der Waals surface area contributed by atoms with Gasteiger partial charge < -0.3 is 4.90 Å². The van der Waals surface area contributed by atoms with E-state index in [9.17, 15) is 0 Å². The number of anilines is 1. The molecule has 4 aromatic carbocycles. The lowest BCUT2D eigenvalue weighted by atomic mass is 9.73. The molecule has 1 nitrogen and oxygen atoms in total. The Morgan fingerprint density at radius 3 is 1.72 bits per heavy atom. The second-order valence-electron chi connectivity index (χ2n) is 9.05. The Bertz CT molecular complexity index is 1150. The Labute approximate surface area is 173 Å². The van der Waals surface area contributed by atoms with E-state index < -0.39 is 0 Å². The summed E-state index contributed by atoms with van der Waals surface area (Å²) in [5, 5.41) is 2.75. The molecule has 0 saturated heterocycles. The first-order valence-corrected chi connectivity index (χ1v) is 10.4. The van der Waals surface area contributed by atoms with Crippen molar-refractivity contribution in [3.8, 4) is 11.1 Å². The van der Waals surface area contributed by atoms with Crippen LogP contribution in [-0.2, 0) is 11.1 Å². The van der Waals surface area contributed by atoms with Crippen LogP contribution in [-0.4, -0.2) is 0 Å². The average Bonchev–Trinajstić information content (AvgIpc) is 2.73. The second-order valence-corrected chi connectivity index (χ2v) is 9.05. The SMILES string of the molecule is CC1(C)c2cccc3cccc(c23)C(C)(C)N1c1ccccc1-c1ccccc1. The molecule has 0 aliphatic carbocycles. The van der Waals surface area contributed by atoms with Gasteiger partial charge in [0.1, 0.15) is 0 Å². The van der Waals surface area contributed by atoms with Gasteiger partial charge in [-0.2, -0.15) is 0 Å². The van der Waals surface area contributed by atoms with Crippen molar-refractivity contribution in [2.75, 3.05) is 4.90 Å². The molecule has 0 amide bonds. The van der Waals surface area contributed by atoms with Crippen LogP contribution in [0.4, 0.5) is 5.69 Å². The lowest BCUT2D eigenvalue weighted by Gasteiger charge is -2.55. The molecule has 0 radical (unpaired) electrons. The zero-order valence-corrected chi connectivity index (χ0v) is 17.6. The molecule has 0 bridgehead atoms. The fourth-order valence-electron chi connectivity index (χ4n) is 5.43. The van der Waals surface area contributed by atoms with Gasteiger partial charge in [0.15, 0.2) is 0 Å². The summed E-state index contributed by atoms with van der Waals surface area (Å²) in [5.74, 6) is 0. The van der Waals surface area contributed by atoms with Crippen molar-refractivity contribution >= 4 is 16.5 Å². The first-order valence-electron chi connectivity index (χ1n) is 10.4. The van der Waals surface area contributed by atoms with Gasteiger partial charge in [-0.05, 0) is 61.2 Å². The summed E-state index contributed by atoms with van der Waals surface area (Å²) in [4.78, 5) is 2.62. The number of benzene rings is 4. The molecule has 1 aliphatic heterocycles. The maximum Gasteiger partial charge on any atom is 0.0612 e. The first kappa shape index (κ1) is 18.0. The van der Waals surface area contributed by atoms with Crippen LogP contribution < -0.4 is 4.90 Å². The topological polar surface area (TPSA) is 3.24 Å². The molecule has 0 N–H and O–H groups in total. The van der Waals surface area contributed by atoms with Gasteiger partial charge in [-0.1, -0.05) is 84.9 Å². The molecule has 4 aromatic rings. The third-order valence-corrected chi connectivity index (χ3v) is 6.57. The maximum absolute atomic E-state index is 2.62. The van der Waals surface area contributed by atoms with E-state index >= 15 is 0 Å². The number of nitrogens with zero attached hydrogens (tertiary/aromatic N) is 1. The molecule has 0 saturated carbocycles. The molecule has 0 spiro atoms. The van der Waals surface area contributed by atoms with Crippen LogP contribution >= 0.6 is 0 Å². The predicted molar refractivity (Wildman–Crippen MR) is 124 cm³/mol. The standard InChI is InChI=1S/C28H27N/c1-27(2)23-17-10-14-21-15-11-18-24(26(21)23)28(3,4)29(27)25-19-9-8-16-22(25)20-12-6-5-7-13-20/h5-19H,1-4H3. The third-order valence-electron chi connectivity index (χ3n) is 6.57. The molecule has 1 heteroatoms. The Hall–Kier alpha value is -3.06. The molecule has 144 valence electrons. The fraction of sp³-hybridized carbons (Fsp3) is 0.214. The highest BCUT2D eigenvalue weighted by atomic mass is 15.3. The molecule has 29 heavy (non-hydrogen) atoms. The minimum absolute atomic E-state index is 0.151. The van der Waals surface area contributed by atoms with E-state index in [1.807, 2.05) is 0 Å². The van der Waals surface area contributed by atoms with Gasteiger partial charge in [-0.15, -0.1) is 0 Å². The summed E-state index contributed by atoms with van der Waals surface area (Å²) < 4.78 is 0. The summed E-state index contributed by atoms with van der Waals surface area (Å²) in [6.45, 7) is 9.45. The first-order chi connectivity index (χ1) is 13.9. The van der Waals surface area contributed by atoms with Gasteiger partial charge >= 0.3 is 0 Å². The van der Waals surface area contributed by atoms with E-state index in [2.05, 4.69) is 124 Å². The van der Waals surface area contributed by atoms with Crippen LogP contribution in [0.2, 0.25) is 0 Å². The molecule has 0 atom stereocenters. The van der Waals surface area contributed by atoms with Crippen molar-refractivity contribution in [3.63, 3.8) is 0 Å². The molecule has 1 heterocycles. The summed E-state index contributed by atoms with van der Waals surface area (Å²) in [7, 11) is 0. The molecule has 5 rings (SSSR count). The van der Waals surface area contributed by atoms with Gasteiger partial charge in [0, 0.05) is 11.3 Å². The van der Waals surface area contributed by atoms with Crippen LogP contribution in [0.1, 0.15) is 38.8 Å². The summed E-state index contributed by atoms with van der Waals surface area (Å²) in [6.07, 6.45) is 0. The van der Waals surface area contributed by atoms with Gasteiger partial charge in [0.25, 0.3) is 0 Å². The van der Waals surface area contributed by atoms with Crippen LogP contribution in [0.15, 0.2) is 91.0 Å². The number of hydrogen-bond donors (Lipinski definition) is 0. The zero-order chi connectivity index (χ0) is 20.2. The molecule has 0 aromatic heterocycles. The van der Waals surface area contributed by atoms with Crippen molar-refractivity contribution in [2.45, 2.75) is 38.8 Å². The Morgan fingerprint density at radius 2 is 1.10 bits per heavy atom. The van der Waals surface area contributed by atoms with E-state index in [0.29, 0.717) is 0 Å². The average molecular weight is 378 g/mol. The lowest BCUT2D eigenvalue weighted by Crippen LogP contribution is -2.55. The Kier molecular flexibility index (Phi) is 3.86. The smallest absolute Gasteiger partial charge is 0.0612 e. The number of hydrogen-bond acceptors (Lipinski definition) is 1. The Morgan fingerprint density at radius 1 is 0.552 bits per heavy atom. The normalized spacial score (nSPS) is 16.8. The quantitative estimate of drug-likeness (QED) is 0.349. The molecular weight excluding hydrogens is 350 g/mol. The maximum atomic E-state index is 2.62. The van der Waals surface area contributed by atoms with Crippen molar-refractivity contribution in [2.24, 2.45) is 0 Å². The Balaban J connectivity index is 1.82. The highest BCUT2D eigenvalue weighted by Gasteiger charge is 2.46. The second kappa shape index (κ2) is 6.22. The summed E-state index contributed by atoms with van der Waals surface area (Å²) in [5.41, 5.74) is 6.30. The van der Waals surface area contributed by atoms with E-state index in [-0.39, 0.29) is 11.1 Å². The van der Waals surface area contributed by atoms with Crippen molar-refractivity contribution in [3.05, 3.63) is 102 Å². The highest BCUT2D eigenvalue weighted by Crippen LogP contribution is 2.52. The van der Waals surface area contributed by atoms with Gasteiger partial charge in [0.2, 0.25) is 0 Å². The largest absolute Gasteiger partial charge is 0.353 e. The highest BCUT2D eigenvalue weighted by molar-refractivity contribution is 5.94. The summed E-state index contributed by atoms with van der Waals surface area (Å²) in [6, 6.07) is 33.0. The van der Waals surface area contributed by atoms with Crippen LogP contribution in [0.3, 0.4) is 0 Å². The number of para-hydroxylation sites is 1. The minimum atomic E-state index is -0.151. The van der Waals surface area contributed by atoms with Gasteiger partial charge in [-0.3, -0.25) is 0 Å². The minimum Gasteiger partial charge on any atom is -0.353 e. The van der Waals surface area contributed by atoms with Gasteiger partial charge in [-0.25, -0.2) is 0 Å². The lowest BCUT2D eigenvalue weighted by molar-refractivity contribution is 0.343. The molecule has 1 aliphatic rings. The molecular formula is C28H27N. The van der Waals surface area contributed by atoms with Crippen molar-refractivity contribution in [1.29, 1.82) is 0 Å². The monoisotopic (exact) mass is 377 g/mol. The van der Waals surface area contributed by atoms with E-state index in [1.165, 1.54) is 38.7 Å². The van der Waals surface area contributed by atoms with Crippen LogP contribution in [0.5, 0.6) is 0 Å². The molecule has 0 unspecified atom stereocenters. The van der Waals surface area contributed by atoms with Gasteiger partial charge in [0.05, 0.1) is 11.1 Å². The van der Waals surface area contributed by atoms with Crippen LogP contribution in [0.25, 0.3) is 21.9 Å². The van der Waals surface area contributed by atoms with Crippen LogP contribution in [0, 0.1) is 0 Å². The van der Waals surface area contributed by atoms with Crippen molar-refractivity contribution < 1.29 is 0 Å². The van der Waals surface area contributed by atoms with Crippen molar-refractivity contribution in [1.82, 2.24) is 0 Å². The van der Waals surface area contributed by atoms with E-state index in [4.69, 9.17) is 0 Å². The van der Waals surface area contributed by atoms with E-state index in [0.717, 1.165) is 0 Å². The fourth-order valence-corrected chi connectivity index (χ4v) is 5.43. The molecule has 0 fully saturated rings. The zero-order valence-electron chi connectivity index (χ0n) is 17.6. The third kappa shape index (κ3) is 2.54. The number of rotatable bonds is 2. The summed E-state index contributed by atoms with van der Waals surface area (Å²) >= 11 is 0. The van der Waals surface area contributed by atoms with E-state index in [1.54, 1.807) is 0 Å².